The Hall–Kier alpha value is -2.90. The van der Waals surface area contributed by atoms with Crippen LogP contribution in [0.25, 0.3) is 10.2 Å². The number of hydrogen-bond acceptors (Lipinski definition) is 5. The number of anilines is 1. The highest BCUT2D eigenvalue weighted by molar-refractivity contribution is 7.17. The van der Waals surface area contributed by atoms with E-state index in [4.69, 9.17) is 4.74 Å². The number of esters is 1. The van der Waals surface area contributed by atoms with E-state index in [-0.39, 0.29) is 11.9 Å². The van der Waals surface area contributed by atoms with E-state index < -0.39 is 0 Å². The van der Waals surface area contributed by atoms with Crippen LogP contribution in [-0.2, 0) is 24.1 Å². The standard InChI is InChI=1S/C24H22N2O3S2/c1-29-24(28)21-16-9-5-6-10-19(16)31-23(21)25-22(27)18-13-20-17(11-12-30-20)26(18)14-15-7-3-2-4-8-15/h2-4,7-8,11-13H,5-6,9-10,14H2,1H3,(H,25,27). The third-order valence-corrected chi connectivity index (χ3v) is 7.79. The smallest absolute Gasteiger partial charge is 0.341 e. The number of nitrogens with one attached hydrogen (secondary N) is 1. The van der Waals surface area contributed by atoms with Crippen LogP contribution in [0.4, 0.5) is 5.00 Å². The van der Waals surface area contributed by atoms with Gasteiger partial charge >= 0.3 is 5.97 Å². The number of fused-ring (bicyclic) bond motifs is 2. The molecule has 1 aromatic carbocycles. The number of methoxy groups -OCH3 is 1. The summed E-state index contributed by atoms with van der Waals surface area (Å²) in [5.74, 6) is -0.585. The Morgan fingerprint density at radius 1 is 1.13 bits per heavy atom. The number of ether oxygens (including phenoxy) is 1. The van der Waals surface area contributed by atoms with Crippen LogP contribution in [0.1, 0.15) is 49.7 Å². The minimum atomic E-state index is -0.379. The molecule has 0 atom stereocenters. The molecule has 0 fully saturated rings. The van der Waals surface area contributed by atoms with Crippen LogP contribution >= 0.6 is 22.7 Å². The topological polar surface area (TPSA) is 60.3 Å². The van der Waals surface area contributed by atoms with Crippen molar-refractivity contribution < 1.29 is 14.3 Å². The van der Waals surface area contributed by atoms with E-state index in [9.17, 15) is 9.59 Å². The first kappa shape index (κ1) is 20.0. The quantitative estimate of drug-likeness (QED) is 0.395. The van der Waals surface area contributed by atoms with Crippen molar-refractivity contribution in [2.24, 2.45) is 0 Å². The number of hydrogen-bond donors (Lipinski definition) is 1. The van der Waals surface area contributed by atoms with Crippen LogP contribution in [0, 0.1) is 0 Å². The summed E-state index contributed by atoms with van der Waals surface area (Å²) in [7, 11) is 1.39. The third kappa shape index (κ3) is 3.68. The van der Waals surface area contributed by atoms with Crippen LogP contribution in [0.5, 0.6) is 0 Å². The Balaban J connectivity index is 1.52. The van der Waals surface area contributed by atoms with Crippen molar-refractivity contribution in [3.63, 3.8) is 0 Å². The van der Waals surface area contributed by atoms with Gasteiger partial charge in [-0.2, -0.15) is 0 Å². The normalized spacial score (nSPS) is 13.2. The van der Waals surface area contributed by atoms with Crippen LogP contribution in [-0.4, -0.2) is 23.6 Å². The summed E-state index contributed by atoms with van der Waals surface area (Å²) in [5, 5.41) is 5.67. The highest BCUT2D eigenvalue weighted by Gasteiger charge is 2.28. The second kappa shape index (κ2) is 8.32. The van der Waals surface area contributed by atoms with Crippen LogP contribution in [0.15, 0.2) is 47.8 Å². The maximum atomic E-state index is 13.4. The lowest BCUT2D eigenvalue weighted by molar-refractivity contribution is 0.0601. The Labute approximate surface area is 188 Å². The minimum Gasteiger partial charge on any atom is -0.465 e. The number of aromatic nitrogens is 1. The number of benzene rings is 1. The summed E-state index contributed by atoms with van der Waals surface area (Å²) in [6, 6.07) is 14.1. The number of nitrogens with zero attached hydrogens (tertiary/aromatic N) is 1. The van der Waals surface area contributed by atoms with Gasteiger partial charge in [0.25, 0.3) is 5.91 Å². The van der Waals surface area contributed by atoms with Gasteiger partial charge in [0, 0.05) is 11.4 Å². The van der Waals surface area contributed by atoms with E-state index in [1.165, 1.54) is 23.3 Å². The molecule has 7 heteroatoms. The van der Waals surface area contributed by atoms with Gasteiger partial charge in [-0.15, -0.1) is 22.7 Å². The molecule has 0 radical (unpaired) electrons. The first-order valence-corrected chi connectivity index (χ1v) is 12.0. The van der Waals surface area contributed by atoms with Gasteiger partial charge in [-0.25, -0.2) is 4.79 Å². The van der Waals surface area contributed by atoms with Crippen molar-refractivity contribution in [1.29, 1.82) is 0 Å². The van der Waals surface area contributed by atoms with E-state index in [0.29, 0.717) is 22.8 Å². The summed E-state index contributed by atoms with van der Waals surface area (Å²) in [5.41, 5.74) is 4.32. The number of aryl methyl sites for hydroxylation is 1. The van der Waals surface area contributed by atoms with Crippen molar-refractivity contribution in [3.05, 3.63) is 75.1 Å². The monoisotopic (exact) mass is 450 g/mol. The average molecular weight is 451 g/mol. The molecule has 0 unspecified atom stereocenters. The molecule has 0 spiro atoms. The molecule has 158 valence electrons. The van der Waals surface area contributed by atoms with E-state index in [0.717, 1.165) is 47.0 Å². The molecule has 0 aliphatic heterocycles. The molecule has 0 saturated carbocycles. The highest BCUT2D eigenvalue weighted by Crippen LogP contribution is 2.39. The Bertz CT molecular complexity index is 1270. The summed E-state index contributed by atoms with van der Waals surface area (Å²) in [6.07, 6.45) is 3.96. The molecule has 1 aliphatic carbocycles. The Morgan fingerprint density at radius 3 is 2.74 bits per heavy atom. The van der Waals surface area contributed by atoms with Crippen molar-refractivity contribution in [3.8, 4) is 0 Å². The van der Waals surface area contributed by atoms with Crippen molar-refractivity contribution in [1.82, 2.24) is 4.57 Å². The number of carbonyl (C=O) groups excluding carboxylic acids is 2. The zero-order valence-corrected chi connectivity index (χ0v) is 18.8. The third-order valence-electron chi connectivity index (χ3n) is 5.73. The lowest BCUT2D eigenvalue weighted by atomic mass is 9.95. The van der Waals surface area contributed by atoms with Crippen molar-refractivity contribution in [2.75, 3.05) is 12.4 Å². The van der Waals surface area contributed by atoms with Gasteiger partial charge in [-0.1, -0.05) is 30.3 Å². The van der Waals surface area contributed by atoms with Crippen molar-refractivity contribution >= 4 is 49.8 Å². The fourth-order valence-electron chi connectivity index (χ4n) is 4.24. The molecular weight excluding hydrogens is 428 g/mol. The van der Waals surface area contributed by atoms with Crippen LogP contribution in [0.2, 0.25) is 0 Å². The molecule has 3 aromatic heterocycles. The molecule has 3 heterocycles. The first-order valence-electron chi connectivity index (χ1n) is 10.3. The zero-order valence-electron chi connectivity index (χ0n) is 17.1. The van der Waals surface area contributed by atoms with Gasteiger partial charge in [0.1, 0.15) is 10.7 Å². The van der Waals surface area contributed by atoms with Gasteiger partial charge in [-0.05, 0) is 54.3 Å². The van der Waals surface area contributed by atoms with E-state index in [1.54, 1.807) is 11.3 Å². The Kier molecular flexibility index (Phi) is 5.38. The summed E-state index contributed by atoms with van der Waals surface area (Å²) < 4.78 is 8.15. The molecule has 1 aliphatic rings. The summed E-state index contributed by atoms with van der Waals surface area (Å²) in [4.78, 5) is 27.1. The number of rotatable bonds is 5. The zero-order chi connectivity index (χ0) is 21.4. The highest BCUT2D eigenvalue weighted by atomic mass is 32.1. The largest absolute Gasteiger partial charge is 0.465 e. The molecule has 0 bridgehead atoms. The number of thiophene rings is 2. The predicted octanol–water partition coefficient (Wildman–Crippen LogP) is 5.73. The van der Waals surface area contributed by atoms with Gasteiger partial charge in [0.15, 0.2) is 0 Å². The maximum Gasteiger partial charge on any atom is 0.341 e. The van der Waals surface area contributed by atoms with Gasteiger partial charge in [0.2, 0.25) is 0 Å². The SMILES string of the molecule is COC(=O)c1c(NC(=O)c2cc3sccc3n2Cc2ccccc2)sc2c1CCCC2. The van der Waals surface area contributed by atoms with Gasteiger partial charge in [0.05, 0.1) is 22.9 Å². The minimum absolute atomic E-state index is 0.205. The lowest BCUT2D eigenvalue weighted by Crippen LogP contribution is -2.19. The molecular formula is C24H22N2O3S2. The van der Waals surface area contributed by atoms with E-state index in [2.05, 4.69) is 17.4 Å². The molecule has 1 amide bonds. The summed E-state index contributed by atoms with van der Waals surface area (Å²) >= 11 is 3.13. The van der Waals surface area contributed by atoms with Crippen LogP contribution in [0.3, 0.4) is 0 Å². The molecule has 0 saturated heterocycles. The van der Waals surface area contributed by atoms with Crippen molar-refractivity contribution in [2.45, 2.75) is 32.2 Å². The number of amides is 1. The molecule has 31 heavy (non-hydrogen) atoms. The van der Waals surface area contributed by atoms with Crippen LogP contribution < -0.4 is 5.32 Å². The fraction of sp³-hybridized carbons (Fsp3) is 0.250. The second-order valence-corrected chi connectivity index (χ2v) is 9.69. The predicted molar refractivity (Wildman–Crippen MR) is 126 cm³/mol. The Morgan fingerprint density at radius 2 is 1.94 bits per heavy atom. The van der Waals surface area contributed by atoms with E-state index in [1.807, 2.05) is 40.3 Å². The number of carbonyl (C=O) groups is 2. The molecule has 1 N–H and O–H groups in total. The maximum absolute atomic E-state index is 13.4. The second-order valence-electron chi connectivity index (χ2n) is 7.63. The molecule has 5 rings (SSSR count). The van der Waals surface area contributed by atoms with Gasteiger partial charge < -0.3 is 14.6 Å². The molecule has 5 nitrogen and oxygen atoms in total. The average Bonchev–Trinajstić information content (AvgIpc) is 3.48. The summed E-state index contributed by atoms with van der Waals surface area (Å²) in [6.45, 7) is 0.606. The van der Waals surface area contributed by atoms with E-state index >= 15 is 0 Å². The van der Waals surface area contributed by atoms with Gasteiger partial charge in [-0.3, -0.25) is 4.79 Å². The first-order chi connectivity index (χ1) is 15.2. The lowest BCUT2D eigenvalue weighted by Gasteiger charge is -2.12. The fourth-order valence-corrected chi connectivity index (χ4v) is 6.34. The molecule has 4 aromatic rings.